The minimum absolute atomic E-state index is 0.0627. The van der Waals surface area contributed by atoms with Crippen LogP contribution in [0.2, 0.25) is 0 Å². The fourth-order valence-corrected chi connectivity index (χ4v) is 4.37. The molecule has 2 N–H and O–H groups in total. The summed E-state index contributed by atoms with van der Waals surface area (Å²) in [6.07, 6.45) is 0.630. The lowest BCUT2D eigenvalue weighted by atomic mass is 10.0. The molecule has 0 saturated carbocycles. The Hall–Kier alpha value is -1.76. The van der Waals surface area contributed by atoms with E-state index in [1.807, 2.05) is 19.1 Å². The molecule has 2 rings (SSSR count). The molecule has 0 radical (unpaired) electrons. The zero-order valence-electron chi connectivity index (χ0n) is 15.3. The van der Waals surface area contributed by atoms with E-state index in [-0.39, 0.29) is 17.5 Å². The first-order valence-corrected chi connectivity index (χ1v) is 10.7. The van der Waals surface area contributed by atoms with Gasteiger partial charge >= 0.3 is 0 Å². The molecule has 1 heterocycles. The highest BCUT2D eigenvalue weighted by molar-refractivity contribution is 7.91. The van der Waals surface area contributed by atoms with E-state index in [2.05, 4.69) is 41.6 Å². The molecule has 1 aromatic carbocycles. The Morgan fingerprint density at radius 2 is 2.04 bits per heavy atom. The highest BCUT2D eigenvalue weighted by atomic mass is 32.2. The van der Waals surface area contributed by atoms with Crippen molar-refractivity contribution in [3.63, 3.8) is 0 Å². The third kappa shape index (κ3) is 6.57. The summed E-state index contributed by atoms with van der Waals surface area (Å²) in [7, 11) is -2.90. The van der Waals surface area contributed by atoms with Crippen LogP contribution in [-0.2, 0) is 9.84 Å². The number of nitrogens with one attached hydrogen (secondary N) is 2. The highest BCUT2D eigenvalue weighted by Gasteiger charge is 2.28. The zero-order valence-corrected chi connectivity index (χ0v) is 16.1. The molecule has 7 heteroatoms. The summed E-state index contributed by atoms with van der Waals surface area (Å²) >= 11 is 0. The third-order valence-corrected chi connectivity index (χ3v) is 5.86. The largest absolute Gasteiger partial charge is 0.492 e. The van der Waals surface area contributed by atoms with E-state index in [4.69, 9.17) is 4.74 Å². The number of rotatable bonds is 7. The van der Waals surface area contributed by atoms with Crippen molar-refractivity contribution in [2.24, 2.45) is 4.99 Å². The summed E-state index contributed by atoms with van der Waals surface area (Å²) in [6.45, 7) is 8.00. The van der Waals surface area contributed by atoms with Gasteiger partial charge in [-0.3, -0.25) is 0 Å². The number of ether oxygens (including phenoxy) is 1. The van der Waals surface area contributed by atoms with Crippen molar-refractivity contribution < 1.29 is 13.2 Å². The molecular formula is C18H29N3O3S. The second-order valence-electron chi connectivity index (χ2n) is 6.58. The van der Waals surface area contributed by atoms with Gasteiger partial charge in [0.15, 0.2) is 15.8 Å². The molecule has 1 aliphatic heterocycles. The van der Waals surface area contributed by atoms with E-state index < -0.39 is 9.84 Å². The first-order valence-electron chi connectivity index (χ1n) is 8.87. The normalized spacial score (nSPS) is 19.8. The van der Waals surface area contributed by atoms with Crippen LogP contribution in [0.3, 0.4) is 0 Å². The van der Waals surface area contributed by atoms with Crippen LogP contribution in [-0.4, -0.2) is 51.6 Å². The lowest BCUT2D eigenvalue weighted by Gasteiger charge is -2.16. The van der Waals surface area contributed by atoms with Crippen LogP contribution in [0, 0.1) is 0 Å². The Morgan fingerprint density at radius 3 is 2.60 bits per heavy atom. The molecule has 6 nitrogen and oxygen atoms in total. The summed E-state index contributed by atoms with van der Waals surface area (Å²) < 4.78 is 28.8. The number of hydrogen-bond donors (Lipinski definition) is 2. The molecule has 0 aromatic heterocycles. The fraction of sp³-hybridized carbons (Fsp3) is 0.611. The monoisotopic (exact) mass is 367 g/mol. The van der Waals surface area contributed by atoms with Gasteiger partial charge in [-0.1, -0.05) is 26.0 Å². The van der Waals surface area contributed by atoms with Crippen molar-refractivity contribution in [2.45, 2.75) is 39.2 Å². The quantitative estimate of drug-likeness (QED) is 0.437. The van der Waals surface area contributed by atoms with Gasteiger partial charge in [-0.2, -0.15) is 0 Å². The average molecular weight is 368 g/mol. The second-order valence-corrected chi connectivity index (χ2v) is 8.81. The first kappa shape index (κ1) is 19.6. The molecule has 0 bridgehead atoms. The molecule has 1 aliphatic rings. The minimum Gasteiger partial charge on any atom is -0.492 e. The summed E-state index contributed by atoms with van der Waals surface area (Å²) in [5, 5.41) is 6.34. The number of benzene rings is 1. The number of guanidine groups is 1. The number of aliphatic imine (C=N–C) groups is 1. The van der Waals surface area contributed by atoms with Crippen LogP contribution in [0.4, 0.5) is 0 Å². The predicted molar refractivity (Wildman–Crippen MR) is 102 cm³/mol. The molecule has 1 unspecified atom stereocenters. The van der Waals surface area contributed by atoms with E-state index in [0.717, 1.165) is 12.3 Å². The van der Waals surface area contributed by atoms with Gasteiger partial charge in [-0.25, -0.2) is 13.4 Å². The lowest BCUT2D eigenvalue weighted by Crippen LogP contribution is -2.44. The average Bonchev–Trinajstić information content (AvgIpc) is 2.90. The molecule has 140 valence electrons. The lowest BCUT2D eigenvalue weighted by molar-refractivity contribution is 0.328. The SMILES string of the molecule is CCNC(=NCCOc1ccc(C(C)C)cc1)NC1CCS(=O)(=O)C1. The Bertz CT molecular complexity index is 669. The highest BCUT2D eigenvalue weighted by Crippen LogP contribution is 2.18. The third-order valence-electron chi connectivity index (χ3n) is 4.09. The van der Waals surface area contributed by atoms with Gasteiger partial charge in [-0.15, -0.1) is 0 Å². The summed E-state index contributed by atoms with van der Waals surface area (Å²) in [4.78, 5) is 4.46. The van der Waals surface area contributed by atoms with E-state index in [9.17, 15) is 8.42 Å². The predicted octanol–water partition coefficient (Wildman–Crippen LogP) is 1.93. The van der Waals surface area contributed by atoms with Gasteiger partial charge in [-0.05, 0) is 37.0 Å². The molecule has 1 aromatic rings. The molecule has 1 saturated heterocycles. The molecule has 1 fully saturated rings. The summed E-state index contributed by atoms with van der Waals surface area (Å²) in [5.41, 5.74) is 1.29. The van der Waals surface area contributed by atoms with Crippen molar-refractivity contribution in [1.82, 2.24) is 10.6 Å². The van der Waals surface area contributed by atoms with Crippen molar-refractivity contribution in [3.8, 4) is 5.75 Å². The van der Waals surface area contributed by atoms with Crippen LogP contribution >= 0.6 is 0 Å². The van der Waals surface area contributed by atoms with Crippen LogP contribution in [0.15, 0.2) is 29.3 Å². The topological polar surface area (TPSA) is 79.8 Å². The van der Waals surface area contributed by atoms with Crippen molar-refractivity contribution >= 4 is 15.8 Å². The summed E-state index contributed by atoms with van der Waals surface area (Å²) in [5.74, 6) is 2.41. The van der Waals surface area contributed by atoms with Crippen molar-refractivity contribution in [2.75, 3.05) is 31.2 Å². The second kappa shape index (κ2) is 9.08. The summed E-state index contributed by atoms with van der Waals surface area (Å²) in [6, 6.07) is 8.05. The Kier molecular flexibility index (Phi) is 7.11. The Balaban J connectivity index is 1.80. The number of sulfone groups is 1. The van der Waals surface area contributed by atoms with Gasteiger partial charge in [0.25, 0.3) is 0 Å². The standard InChI is InChI=1S/C18H29N3O3S/c1-4-19-18(21-16-9-12-25(22,23)13-16)20-10-11-24-17-7-5-15(6-8-17)14(2)3/h5-8,14,16H,4,9-13H2,1-3H3,(H2,19,20,21). The molecule has 25 heavy (non-hydrogen) atoms. The van der Waals surface area contributed by atoms with E-state index in [1.165, 1.54) is 5.56 Å². The van der Waals surface area contributed by atoms with Gasteiger partial charge in [0.2, 0.25) is 0 Å². The van der Waals surface area contributed by atoms with Gasteiger partial charge in [0.05, 0.1) is 18.1 Å². The van der Waals surface area contributed by atoms with E-state index in [0.29, 0.717) is 31.4 Å². The fourth-order valence-electron chi connectivity index (χ4n) is 2.69. The van der Waals surface area contributed by atoms with Crippen LogP contribution < -0.4 is 15.4 Å². The van der Waals surface area contributed by atoms with Crippen LogP contribution in [0.25, 0.3) is 0 Å². The van der Waals surface area contributed by atoms with Gasteiger partial charge < -0.3 is 15.4 Å². The van der Waals surface area contributed by atoms with Crippen LogP contribution in [0.1, 0.15) is 38.7 Å². The van der Waals surface area contributed by atoms with Crippen molar-refractivity contribution in [1.29, 1.82) is 0 Å². The molecule has 0 aliphatic carbocycles. The Labute approximate surface area is 151 Å². The maximum atomic E-state index is 11.5. The van der Waals surface area contributed by atoms with Gasteiger partial charge in [0, 0.05) is 12.6 Å². The maximum absolute atomic E-state index is 11.5. The molecule has 0 amide bonds. The number of nitrogens with zero attached hydrogens (tertiary/aromatic N) is 1. The Morgan fingerprint density at radius 1 is 1.32 bits per heavy atom. The van der Waals surface area contributed by atoms with E-state index >= 15 is 0 Å². The molecule has 0 spiro atoms. The van der Waals surface area contributed by atoms with E-state index in [1.54, 1.807) is 0 Å². The smallest absolute Gasteiger partial charge is 0.191 e. The number of hydrogen-bond acceptors (Lipinski definition) is 4. The van der Waals surface area contributed by atoms with Gasteiger partial charge in [0.1, 0.15) is 12.4 Å². The molecule has 1 atom stereocenters. The zero-order chi connectivity index (χ0) is 18.3. The van der Waals surface area contributed by atoms with Crippen LogP contribution in [0.5, 0.6) is 5.75 Å². The molecular weight excluding hydrogens is 338 g/mol. The first-order chi connectivity index (χ1) is 11.9. The minimum atomic E-state index is -2.90. The van der Waals surface area contributed by atoms with Crippen molar-refractivity contribution in [3.05, 3.63) is 29.8 Å². The maximum Gasteiger partial charge on any atom is 0.191 e.